The molecule has 3 N–H and O–H groups in total. The lowest BCUT2D eigenvalue weighted by atomic mass is 9.84. The van der Waals surface area contributed by atoms with E-state index < -0.39 is 29.9 Å². The second-order valence-corrected chi connectivity index (χ2v) is 11.9. The van der Waals surface area contributed by atoms with E-state index >= 15 is 4.39 Å². The van der Waals surface area contributed by atoms with Crippen LogP contribution in [0.15, 0.2) is 71.7 Å². The van der Waals surface area contributed by atoms with Crippen molar-refractivity contribution in [3.8, 4) is 0 Å². The summed E-state index contributed by atoms with van der Waals surface area (Å²) in [5, 5.41) is 14.4. The number of carbonyl (C=O) groups excluding carboxylic acids is 3. The molecular weight excluding hydrogens is 577 g/mol. The van der Waals surface area contributed by atoms with Crippen LogP contribution in [0, 0.1) is 24.6 Å². The highest BCUT2D eigenvalue weighted by molar-refractivity contribution is 6.21. The molecule has 4 amide bonds. The average molecular weight is 612 g/mol. The Morgan fingerprint density at radius 1 is 0.933 bits per heavy atom. The highest BCUT2D eigenvalue weighted by atomic mass is 19.1. The van der Waals surface area contributed by atoms with E-state index in [9.17, 15) is 24.3 Å². The molecule has 0 unspecified atom stereocenters. The summed E-state index contributed by atoms with van der Waals surface area (Å²) < 4.78 is 15.3. The lowest BCUT2D eigenvalue weighted by Gasteiger charge is -2.30. The Morgan fingerprint density at radius 2 is 1.60 bits per heavy atom. The minimum Gasteiger partial charge on any atom is -0.478 e. The fourth-order valence-electron chi connectivity index (χ4n) is 6.59. The number of carbonyl (C=O) groups is 4. The Morgan fingerprint density at radius 3 is 2.29 bits per heavy atom. The quantitative estimate of drug-likeness (QED) is 0.368. The van der Waals surface area contributed by atoms with Gasteiger partial charge in [0.1, 0.15) is 12.4 Å². The van der Waals surface area contributed by atoms with Crippen molar-refractivity contribution in [3.63, 3.8) is 0 Å². The van der Waals surface area contributed by atoms with Gasteiger partial charge in [0.15, 0.2) is 0 Å². The van der Waals surface area contributed by atoms with Crippen molar-refractivity contribution in [2.75, 3.05) is 29.9 Å². The van der Waals surface area contributed by atoms with Gasteiger partial charge in [-0.05, 0) is 80.3 Å². The monoisotopic (exact) mass is 611 g/mol. The summed E-state index contributed by atoms with van der Waals surface area (Å²) in [6, 6.07) is 16.2. The number of nitrogens with one attached hydrogen (secondary N) is 2. The maximum absolute atomic E-state index is 15.3. The number of benzodiazepines with no additional fused rings is 1. The SMILES string of the molecule is Cc1cccc2c1N(CC(=O)N1CC3CCC(CC3)C1)C(=O)[C@H](NC(=O)Nc1cccc(C(=O)O)c1)N=C2c1ccccc1F. The molecule has 0 aromatic heterocycles. The summed E-state index contributed by atoms with van der Waals surface area (Å²) in [5.74, 6) is -1.69. The Bertz CT molecular complexity index is 1690. The molecule has 2 bridgehead atoms. The van der Waals surface area contributed by atoms with E-state index in [4.69, 9.17) is 0 Å². The molecule has 3 aliphatic heterocycles. The molecule has 2 saturated heterocycles. The number of amides is 4. The van der Waals surface area contributed by atoms with E-state index in [0.29, 0.717) is 41.7 Å². The molecule has 3 fully saturated rings. The number of aromatic carboxylic acids is 1. The zero-order valence-electron chi connectivity index (χ0n) is 24.8. The lowest BCUT2D eigenvalue weighted by Crippen LogP contribution is -2.52. The van der Waals surface area contributed by atoms with Crippen molar-refractivity contribution in [1.29, 1.82) is 0 Å². The first-order valence-electron chi connectivity index (χ1n) is 15.1. The molecule has 1 aliphatic carbocycles. The van der Waals surface area contributed by atoms with Crippen molar-refractivity contribution >= 4 is 40.9 Å². The van der Waals surface area contributed by atoms with Gasteiger partial charge in [0.25, 0.3) is 5.91 Å². The molecule has 45 heavy (non-hydrogen) atoms. The number of carboxylic acids is 1. The number of urea groups is 1. The molecule has 4 aliphatic rings. The van der Waals surface area contributed by atoms with Crippen LogP contribution in [-0.2, 0) is 9.59 Å². The van der Waals surface area contributed by atoms with E-state index in [1.807, 2.05) is 17.9 Å². The second kappa shape index (κ2) is 12.5. The molecule has 11 heteroatoms. The first kappa shape index (κ1) is 30.0. The minimum absolute atomic E-state index is 0.0317. The molecular formula is C34H34FN5O5. The Balaban J connectivity index is 1.37. The van der Waals surface area contributed by atoms with E-state index in [1.165, 1.54) is 35.2 Å². The predicted octanol–water partition coefficient (Wildman–Crippen LogP) is 4.81. The number of aliphatic imine (C=N–C) groups is 1. The van der Waals surface area contributed by atoms with Gasteiger partial charge in [0.2, 0.25) is 12.1 Å². The van der Waals surface area contributed by atoms with E-state index in [-0.39, 0.29) is 35.0 Å². The number of aryl methyl sites for hydroxylation is 1. The van der Waals surface area contributed by atoms with Crippen LogP contribution >= 0.6 is 0 Å². The van der Waals surface area contributed by atoms with Gasteiger partial charge in [0.05, 0.1) is 17.0 Å². The molecule has 10 nitrogen and oxygen atoms in total. The molecule has 0 radical (unpaired) electrons. The maximum Gasteiger partial charge on any atom is 0.335 e. The molecule has 7 rings (SSSR count). The van der Waals surface area contributed by atoms with Crippen LogP contribution in [0.1, 0.15) is 52.7 Å². The number of hydrogen-bond donors (Lipinski definition) is 3. The molecule has 3 aromatic carbocycles. The minimum atomic E-state index is -1.53. The molecule has 1 saturated carbocycles. The Kier molecular flexibility index (Phi) is 8.34. The number of rotatable bonds is 6. The van der Waals surface area contributed by atoms with Gasteiger partial charge in [0, 0.05) is 29.9 Å². The summed E-state index contributed by atoms with van der Waals surface area (Å²) in [5.41, 5.74) is 2.01. The van der Waals surface area contributed by atoms with Crippen molar-refractivity contribution in [2.24, 2.45) is 16.8 Å². The van der Waals surface area contributed by atoms with E-state index in [2.05, 4.69) is 15.6 Å². The molecule has 3 heterocycles. The summed E-state index contributed by atoms with van der Waals surface area (Å²) >= 11 is 0. The van der Waals surface area contributed by atoms with Crippen LogP contribution < -0.4 is 15.5 Å². The maximum atomic E-state index is 15.3. The Labute approximate surface area is 259 Å². The largest absolute Gasteiger partial charge is 0.478 e. The van der Waals surface area contributed by atoms with Gasteiger partial charge in [-0.25, -0.2) is 19.0 Å². The normalized spacial score (nSPS) is 20.9. The topological polar surface area (TPSA) is 131 Å². The fraction of sp³-hybridized carbons (Fsp3) is 0.324. The highest BCUT2D eigenvalue weighted by Crippen LogP contribution is 2.35. The summed E-state index contributed by atoms with van der Waals surface area (Å²) in [6.45, 7) is 2.84. The van der Waals surface area contributed by atoms with Crippen molar-refractivity contribution in [2.45, 2.75) is 38.8 Å². The van der Waals surface area contributed by atoms with Gasteiger partial charge >= 0.3 is 12.0 Å². The fourth-order valence-corrected chi connectivity index (χ4v) is 6.59. The first-order chi connectivity index (χ1) is 21.7. The average Bonchev–Trinajstić information content (AvgIpc) is 3.41. The lowest BCUT2D eigenvalue weighted by molar-refractivity contribution is -0.132. The number of anilines is 2. The smallest absolute Gasteiger partial charge is 0.335 e. The predicted molar refractivity (Wildman–Crippen MR) is 167 cm³/mol. The number of benzene rings is 3. The number of carboxylic acid groups (broad SMARTS) is 1. The summed E-state index contributed by atoms with van der Waals surface area (Å²) in [6.07, 6.45) is 2.84. The van der Waals surface area contributed by atoms with Gasteiger partial charge in [-0.2, -0.15) is 0 Å². The number of halogens is 1. The summed E-state index contributed by atoms with van der Waals surface area (Å²) in [7, 11) is 0. The van der Waals surface area contributed by atoms with Crippen molar-refractivity contribution in [3.05, 3.63) is 94.8 Å². The zero-order chi connectivity index (χ0) is 31.7. The number of para-hydroxylation sites is 1. The molecule has 1 atom stereocenters. The third kappa shape index (κ3) is 6.29. The first-order valence-corrected chi connectivity index (χ1v) is 15.1. The van der Waals surface area contributed by atoms with Crippen LogP contribution in [0.3, 0.4) is 0 Å². The van der Waals surface area contributed by atoms with Gasteiger partial charge in [-0.15, -0.1) is 0 Å². The highest BCUT2D eigenvalue weighted by Gasteiger charge is 2.38. The number of hydrogen-bond acceptors (Lipinski definition) is 5. The standard InChI is InChI=1S/C34H34FN5O5/c1-20-6-4-10-26-29(25-9-2-3-11-27(25)35)37-31(38-34(45)36-24-8-5-7-23(16-24)33(43)44)32(42)40(30(20)26)19-28(41)39-17-21-12-13-22(18-39)15-14-21/h2-11,16,21-22,31H,12-15,17-19H2,1H3,(H,43,44)(H2,36,38,45)/t21?,22?,31-/m0/s1. The van der Waals surface area contributed by atoms with Crippen LogP contribution in [0.25, 0.3) is 0 Å². The molecule has 3 aromatic rings. The molecule has 0 spiro atoms. The number of fused-ring (bicyclic) bond motifs is 5. The Hall–Kier alpha value is -5.06. The second-order valence-electron chi connectivity index (χ2n) is 11.9. The van der Waals surface area contributed by atoms with Crippen molar-refractivity contribution in [1.82, 2.24) is 10.2 Å². The van der Waals surface area contributed by atoms with Crippen LogP contribution in [0.4, 0.5) is 20.6 Å². The van der Waals surface area contributed by atoms with Crippen LogP contribution in [-0.4, -0.2) is 65.3 Å². The number of nitrogens with zero attached hydrogens (tertiary/aromatic N) is 3. The third-order valence-electron chi connectivity index (χ3n) is 8.85. The van der Waals surface area contributed by atoms with Crippen LogP contribution in [0.5, 0.6) is 0 Å². The zero-order valence-corrected chi connectivity index (χ0v) is 24.8. The van der Waals surface area contributed by atoms with E-state index in [0.717, 1.165) is 25.7 Å². The van der Waals surface area contributed by atoms with Crippen molar-refractivity contribution < 1.29 is 28.7 Å². The summed E-state index contributed by atoms with van der Waals surface area (Å²) in [4.78, 5) is 60.6. The van der Waals surface area contributed by atoms with Gasteiger partial charge < -0.3 is 20.6 Å². The van der Waals surface area contributed by atoms with E-state index in [1.54, 1.807) is 30.3 Å². The van der Waals surface area contributed by atoms with Crippen LogP contribution in [0.2, 0.25) is 0 Å². The third-order valence-corrected chi connectivity index (χ3v) is 8.85. The van der Waals surface area contributed by atoms with Gasteiger partial charge in [-0.1, -0.05) is 36.4 Å². The van der Waals surface area contributed by atoms with Gasteiger partial charge in [-0.3, -0.25) is 14.5 Å². The molecule has 232 valence electrons.